The summed E-state index contributed by atoms with van der Waals surface area (Å²) in [6.07, 6.45) is -1.22. The highest BCUT2D eigenvalue weighted by atomic mass is 19.3. The first-order valence-electron chi connectivity index (χ1n) is 6.65. The van der Waals surface area contributed by atoms with Crippen LogP contribution in [0.4, 0.5) is 8.78 Å². The topological polar surface area (TPSA) is 50.8 Å². The van der Waals surface area contributed by atoms with Gasteiger partial charge in [0, 0.05) is 26.2 Å². The first kappa shape index (κ1) is 14.6. The Bertz CT molecular complexity index is 328. The summed E-state index contributed by atoms with van der Waals surface area (Å²) >= 11 is 0. The fourth-order valence-electron chi connectivity index (χ4n) is 2.36. The lowest BCUT2D eigenvalue weighted by Gasteiger charge is -2.32. The van der Waals surface area contributed by atoms with Crippen LogP contribution in [-0.4, -0.2) is 68.3 Å². The van der Waals surface area contributed by atoms with E-state index in [-0.39, 0.29) is 12.6 Å². The average Bonchev–Trinajstić information content (AvgIpc) is 2.63. The standard InChI is InChI=1S/C12H20F2N2O3/c1-2-16-3-4-18-10(8-16)7-15-6-9-5-12(13,14)11(17)19-9/h9-10,15H,2-8H2,1H3. The molecule has 2 fully saturated rings. The molecule has 1 N–H and O–H groups in total. The van der Waals surface area contributed by atoms with Crippen molar-refractivity contribution in [3.63, 3.8) is 0 Å². The number of nitrogens with one attached hydrogen (secondary N) is 1. The Labute approximate surface area is 111 Å². The summed E-state index contributed by atoms with van der Waals surface area (Å²) in [5, 5.41) is 3.04. The first-order valence-corrected chi connectivity index (χ1v) is 6.65. The number of halogens is 2. The van der Waals surface area contributed by atoms with E-state index in [2.05, 4.69) is 21.9 Å². The molecule has 2 aliphatic heterocycles. The van der Waals surface area contributed by atoms with Crippen LogP contribution in [0.2, 0.25) is 0 Å². The zero-order valence-electron chi connectivity index (χ0n) is 11.0. The van der Waals surface area contributed by atoms with Crippen LogP contribution in [0.25, 0.3) is 0 Å². The van der Waals surface area contributed by atoms with Gasteiger partial charge in [-0.15, -0.1) is 0 Å². The second-order valence-corrected chi connectivity index (χ2v) is 4.98. The monoisotopic (exact) mass is 278 g/mol. The number of morpholine rings is 1. The number of hydrogen-bond donors (Lipinski definition) is 1. The molecule has 0 aliphatic carbocycles. The van der Waals surface area contributed by atoms with E-state index in [9.17, 15) is 13.6 Å². The van der Waals surface area contributed by atoms with Crippen LogP contribution < -0.4 is 5.32 Å². The van der Waals surface area contributed by atoms with Crippen molar-refractivity contribution in [2.45, 2.75) is 31.5 Å². The summed E-state index contributed by atoms with van der Waals surface area (Å²) in [5.41, 5.74) is 0. The van der Waals surface area contributed by atoms with Crippen LogP contribution in [0.15, 0.2) is 0 Å². The van der Waals surface area contributed by atoms with Crippen molar-refractivity contribution >= 4 is 5.97 Å². The zero-order chi connectivity index (χ0) is 13.9. The number of rotatable bonds is 5. The molecule has 2 atom stereocenters. The second-order valence-electron chi connectivity index (χ2n) is 4.98. The summed E-state index contributed by atoms with van der Waals surface area (Å²) in [7, 11) is 0. The van der Waals surface area contributed by atoms with E-state index >= 15 is 0 Å². The van der Waals surface area contributed by atoms with Crippen LogP contribution in [-0.2, 0) is 14.3 Å². The molecule has 0 bridgehead atoms. The lowest BCUT2D eigenvalue weighted by atomic mass is 10.2. The Morgan fingerprint density at radius 2 is 2.16 bits per heavy atom. The molecule has 2 saturated heterocycles. The summed E-state index contributed by atoms with van der Waals surface area (Å²) < 4.78 is 36.0. The molecule has 0 amide bonds. The minimum atomic E-state index is -3.33. The summed E-state index contributed by atoms with van der Waals surface area (Å²) in [6.45, 7) is 6.35. The van der Waals surface area contributed by atoms with Gasteiger partial charge in [-0.2, -0.15) is 8.78 Å². The molecular weight excluding hydrogens is 258 g/mol. The smallest absolute Gasteiger partial charge is 0.377 e. The van der Waals surface area contributed by atoms with Gasteiger partial charge in [0.15, 0.2) is 0 Å². The number of ether oxygens (including phenoxy) is 2. The van der Waals surface area contributed by atoms with Gasteiger partial charge in [-0.3, -0.25) is 4.90 Å². The minimum absolute atomic E-state index is 0.0614. The van der Waals surface area contributed by atoms with Crippen LogP contribution >= 0.6 is 0 Å². The van der Waals surface area contributed by atoms with E-state index in [0.717, 1.165) is 19.6 Å². The Balaban J connectivity index is 1.66. The van der Waals surface area contributed by atoms with E-state index in [1.807, 2.05) is 0 Å². The Hall–Kier alpha value is -0.790. The molecule has 0 radical (unpaired) electrons. The summed E-state index contributed by atoms with van der Waals surface area (Å²) in [6, 6.07) is 0. The van der Waals surface area contributed by atoms with Gasteiger partial charge in [0.25, 0.3) is 0 Å². The first-order chi connectivity index (χ1) is 9.01. The highest BCUT2D eigenvalue weighted by Crippen LogP contribution is 2.30. The number of hydrogen-bond acceptors (Lipinski definition) is 5. The molecule has 0 spiro atoms. The van der Waals surface area contributed by atoms with Crippen molar-refractivity contribution in [3.05, 3.63) is 0 Å². The number of carbonyl (C=O) groups excluding carboxylic acids is 1. The summed E-state index contributed by atoms with van der Waals surface area (Å²) in [4.78, 5) is 13.1. The van der Waals surface area contributed by atoms with Gasteiger partial charge in [-0.05, 0) is 6.54 Å². The largest absolute Gasteiger partial charge is 0.456 e. The third kappa shape index (κ3) is 3.84. The van der Waals surface area contributed by atoms with Crippen LogP contribution in [0.5, 0.6) is 0 Å². The Morgan fingerprint density at radius 1 is 1.42 bits per heavy atom. The number of alkyl halides is 2. The highest BCUT2D eigenvalue weighted by Gasteiger charge is 2.50. The third-order valence-corrected chi connectivity index (χ3v) is 3.47. The predicted octanol–water partition coefficient (Wildman–Crippen LogP) is 0.248. The molecular formula is C12H20F2N2O3. The van der Waals surface area contributed by atoms with Crippen LogP contribution in [0.3, 0.4) is 0 Å². The molecule has 110 valence electrons. The van der Waals surface area contributed by atoms with Crippen LogP contribution in [0, 0.1) is 0 Å². The molecule has 2 rings (SSSR count). The SMILES string of the molecule is CCN1CCOC(CNCC2CC(F)(F)C(=O)O2)C1. The van der Waals surface area contributed by atoms with Crippen molar-refractivity contribution in [2.75, 3.05) is 39.3 Å². The van der Waals surface area contributed by atoms with Gasteiger partial charge in [-0.1, -0.05) is 6.92 Å². The lowest BCUT2D eigenvalue weighted by Crippen LogP contribution is -2.47. The lowest BCUT2D eigenvalue weighted by molar-refractivity contribution is -0.159. The quantitative estimate of drug-likeness (QED) is 0.731. The van der Waals surface area contributed by atoms with Gasteiger partial charge in [-0.25, -0.2) is 4.79 Å². The van der Waals surface area contributed by atoms with E-state index in [0.29, 0.717) is 13.2 Å². The fraction of sp³-hybridized carbons (Fsp3) is 0.917. The number of esters is 1. The maximum atomic E-state index is 12.9. The normalized spacial score (nSPS) is 31.4. The minimum Gasteiger partial charge on any atom is -0.456 e. The molecule has 5 nitrogen and oxygen atoms in total. The molecule has 0 saturated carbocycles. The highest BCUT2D eigenvalue weighted by molar-refractivity contribution is 5.79. The molecule has 19 heavy (non-hydrogen) atoms. The van der Waals surface area contributed by atoms with Crippen molar-refractivity contribution in [1.29, 1.82) is 0 Å². The van der Waals surface area contributed by atoms with E-state index < -0.39 is 24.4 Å². The van der Waals surface area contributed by atoms with Crippen LogP contribution in [0.1, 0.15) is 13.3 Å². The molecule has 2 unspecified atom stereocenters. The fourth-order valence-corrected chi connectivity index (χ4v) is 2.36. The molecule has 2 aliphatic rings. The molecule has 0 aromatic carbocycles. The van der Waals surface area contributed by atoms with E-state index in [4.69, 9.17) is 4.74 Å². The van der Waals surface area contributed by atoms with Crippen molar-refractivity contribution in [2.24, 2.45) is 0 Å². The maximum Gasteiger partial charge on any atom is 0.377 e. The number of nitrogens with zero attached hydrogens (tertiary/aromatic N) is 1. The van der Waals surface area contributed by atoms with Gasteiger partial charge in [0.2, 0.25) is 0 Å². The second kappa shape index (κ2) is 6.11. The van der Waals surface area contributed by atoms with Gasteiger partial charge >= 0.3 is 11.9 Å². The predicted molar refractivity (Wildman–Crippen MR) is 64.2 cm³/mol. The van der Waals surface area contributed by atoms with E-state index in [1.54, 1.807) is 0 Å². The van der Waals surface area contributed by atoms with Gasteiger partial charge < -0.3 is 14.8 Å². The third-order valence-electron chi connectivity index (χ3n) is 3.47. The van der Waals surface area contributed by atoms with Crippen molar-refractivity contribution in [1.82, 2.24) is 10.2 Å². The zero-order valence-corrected chi connectivity index (χ0v) is 11.0. The van der Waals surface area contributed by atoms with Gasteiger partial charge in [0.1, 0.15) is 6.10 Å². The Kier molecular flexibility index (Phi) is 4.70. The Morgan fingerprint density at radius 3 is 2.79 bits per heavy atom. The summed E-state index contributed by atoms with van der Waals surface area (Å²) in [5.74, 6) is -4.74. The molecule has 2 heterocycles. The number of cyclic esters (lactones) is 1. The molecule has 0 aromatic heterocycles. The number of carbonyl (C=O) groups is 1. The van der Waals surface area contributed by atoms with Gasteiger partial charge in [0.05, 0.1) is 19.1 Å². The molecule has 7 heteroatoms. The van der Waals surface area contributed by atoms with Crippen molar-refractivity contribution in [3.8, 4) is 0 Å². The van der Waals surface area contributed by atoms with E-state index in [1.165, 1.54) is 0 Å². The molecule has 0 aromatic rings. The average molecular weight is 278 g/mol. The van der Waals surface area contributed by atoms with Crippen molar-refractivity contribution < 1.29 is 23.0 Å². The maximum absolute atomic E-state index is 12.9. The number of likely N-dealkylation sites (N-methyl/N-ethyl adjacent to an activating group) is 1.